The van der Waals surface area contributed by atoms with Gasteiger partial charge in [0.25, 0.3) is 0 Å². The van der Waals surface area contributed by atoms with Crippen LogP contribution in [-0.2, 0) is 0 Å². The van der Waals surface area contributed by atoms with Gasteiger partial charge in [-0.15, -0.1) is 0 Å². The van der Waals surface area contributed by atoms with E-state index < -0.39 is 0 Å². The molecule has 0 atom stereocenters. The molecule has 0 unspecified atom stereocenters. The highest BCUT2D eigenvalue weighted by atomic mass is 15.2. The molecule has 5 heteroatoms. The maximum absolute atomic E-state index is 8.43. The van der Waals surface area contributed by atoms with Crippen molar-refractivity contribution in [1.82, 2.24) is 9.97 Å². The predicted octanol–water partition coefficient (Wildman–Crippen LogP) is 1.65. The third-order valence-corrected chi connectivity index (χ3v) is 2.28. The van der Waals surface area contributed by atoms with Crippen LogP contribution in [0, 0.1) is 11.3 Å². The number of hydrogen-bond donors (Lipinski definition) is 1. The third-order valence-electron chi connectivity index (χ3n) is 2.28. The van der Waals surface area contributed by atoms with Gasteiger partial charge in [-0.3, -0.25) is 0 Å². The Morgan fingerprint density at radius 2 is 2.12 bits per heavy atom. The van der Waals surface area contributed by atoms with Crippen LogP contribution in [0.1, 0.15) is 20.3 Å². The zero-order chi connectivity index (χ0) is 11.8. The highest BCUT2D eigenvalue weighted by Crippen LogP contribution is 2.13. The number of nitrogens with one attached hydrogen (secondary N) is 1. The molecule has 0 saturated heterocycles. The van der Waals surface area contributed by atoms with Gasteiger partial charge in [0.15, 0.2) is 0 Å². The standard InChI is InChI=1S/C11H17N5/c1-3-16(4-2)11-8-10(14-9-15-11)13-7-5-6-12/h8-9H,3-5,7H2,1-2H3,(H,13,14,15). The average Bonchev–Trinajstić information content (AvgIpc) is 2.32. The first-order valence-corrected chi connectivity index (χ1v) is 5.49. The minimum absolute atomic E-state index is 0.477. The molecule has 0 fully saturated rings. The second kappa shape index (κ2) is 6.62. The molecule has 1 N–H and O–H groups in total. The first kappa shape index (κ1) is 12.2. The van der Waals surface area contributed by atoms with Crippen LogP contribution in [0.25, 0.3) is 0 Å². The monoisotopic (exact) mass is 219 g/mol. The van der Waals surface area contributed by atoms with Gasteiger partial charge in [-0.05, 0) is 13.8 Å². The summed E-state index contributed by atoms with van der Waals surface area (Å²) in [6.07, 6.45) is 2.02. The van der Waals surface area contributed by atoms with Gasteiger partial charge in [-0.2, -0.15) is 5.26 Å². The lowest BCUT2D eigenvalue weighted by Crippen LogP contribution is -2.23. The van der Waals surface area contributed by atoms with Crippen molar-refractivity contribution in [1.29, 1.82) is 5.26 Å². The Balaban J connectivity index is 2.67. The Bertz CT molecular complexity index is 354. The summed E-state index contributed by atoms with van der Waals surface area (Å²) in [6.45, 7) is 6.64. The maximum Gasteiger partial charge on any atom is 0.134 e. The highest BCUT2D eigenvalue weighted by molar-refractivity contribution is 5.48. The zero-order valence-electron chi connectivity index (χ0n) is 9.77. The van der Waals surface area contributed by atoms with Crippen LogP contribution >= 0.6 is 0 Å². The number of rotatable bonds is 6. The van der Waals surface area contributed by atoms with Crippen LogP contribution < -0.4 is 10.2 Å². The van der Waals surface area contributed by atoms with Crippen molar-refractivity contribution in [2.75, 3.05) is 29.9 Å². The van der Waals surface area contributed by atoms with Crippen LogP contribution in [0.3, 0.4) is 0 Å². The van der Waals surface area contributed by atoms with Crippen LogP contribution in [-0.4, -0.2) is 29.6 Å². The number of aromatic nitrogens is 2. The maximum atomic E-state index is 8.43. The molecule has 1 rings (SSSR count). The molecule has 0 aliphatic rings. The second-order valence-corrected chi connectivity index (χ2v) is 3.27. The van der Waals surface area contributed by atoms with Crippen molar-refractivity contribution in [3.63, 3.8) is 0 Å². The molecule has 16 heavy (non-hydrogen) atoms. The summed E-state index contributed by atoms with van der Waals surface area (Å²) in [5.41, 5.74) is 0. The lowest BCUT2D eigenvalue weighted by atomic mass is 10.4. The van der Waals surface area contributed by atoms with Gasteiger partial charge < -0.3 is 10.2 Å². The topological polar surface area (TPSA) is 64.8 Å². The van der Waals surface area contributed by atoms with Crippen LogP contribution in [0.5, 0.6) is 0 Å². The molecule has 1 heterocycles. The largest absolute Gasteiger partial charge is 0.369 e. The quantitative estimate of drug-likeness (QED) is 0.737. The molecule has 0 bridgehead atoms. The van der Waals surface area contributed by atoms with E-state index in [9.17, 15) is 0 Å². The van der Waals surface area contributed by atoms with Gasteiger partial charge in [-0.25, -0.2) is 9.97 Å². The van der Waals surface area contributed by atoms with E-state index in [2.05, 4.69) is 40.1 Å². The molecule has 0 spiro atoms. The Morgan fingerprint density at radius 1 is 1.38 bits per heavy atom. The normalized spacial score (nSPS) is 9.56. The third kappa shape index (κ3) is 3.39. The number of nitriles is 1. The predicted molar refractivity (Wildman–Crippen MR) is 64.3 cm³/mol. The summed E-state index contributed by atoms with van der Waals surface area (Å²) in [6, 6.07) is 3.99. The molecular formula is C11H17N5. The fourth-order valence-electron chi connectivity index (χ4n) is 1.41. The minimum atomic E-state index is 0.477. The van der Waals surface area contributed by atoms with Gasteiger partial charge in [0.2, 0.25) is 0 Å². The van der Waals surface area contributed by atoms with Crippen molar-refractivity contribution < 1.29 is 0 Å². The first-order valence-electron chi connectivity index (χ1n) is 5.49. The Morgan fingerprint density at radius 3 is 2.75 bits per heavy atom. The summed E-state index contributed by atoms with van der Waals surface area (Å²) in [4.78, 5) is 10.5. The van der Waals surface area contributed by atoms with Crippen LogP contribution in [0.4, 0.5) is 11.6 Å². The number of nitrogens with zero attached hydrogens (tertiary/aromatic N) is 4. The van der Waals surface area contributed by atoms with Crippen LogP contribution in [0.15, 0.2) is 12.4 Å². The van der Waals surface area contributed by atoms with Gasteiger partial charge >= 0.3 is 0 Å². The van der Waals surface area contributed by atoms with E-state index in [0.29, 0.717) is 13.0 Å². The van der Waals surface area contributed by atoms with Crippen molar-refractivity contribution in [3.05, 3.63) is 12.4 Å². The molecule has 0 aromatic carbocycles. The van der Waals surface area contributed by atoms with Crippen molar-refractivity contribution >= 4 is 11.6 Å². The number of hydrogen-bond acceptors (Lipinski definition) is 5. The zero-order valence-corrected chi connectivity index (χ0v) is 9.77. The molecule has 0 saturated carbocycles. The van der Waals surface area contributed by atoms with Crippen molar-refractivity contribution in [2.24, 2.45) is 0 Å². The highest BCUT2D eigenvalue weighted by Gasteiger charge is 2.04. The van der Waals surface area contributed by atoms with Gasteiger partial charge in [0.1, 0.15) is 18.0 Å². The van der Waals surface area contributed by atoms with Crippen LogP contribution in [0.2, 0.25) is 0 Å². The molecule has 86 valence electrons. The lowest BCUT2D eigenvalue weighted by molar-refractivity contribution is 0.841. The SMILES string of the molecule is CCN(CC)c1cc(NCCC#N)ncn1. The molecule has 1 aromatic heterocycles. The van der Waals surface area contributed by atoms with E-state index in [1.807, 2.05) is 6.07 Å². The molecule has 0 aliphatic heterocycles. The van der Waals surface area contributed by atoms with Crippen molar-refractivity contribution in [3.8, 4) is 6.07 Å². The summed E-state index contributed by atoms with van der Waals surface area (Å²) < 4.78 is 0. The first-order chi connectivity index (χ1) is 7.81. The molecule has 1 aromatic rings. The second-order valence-electron chi connectivity index (χ2n) is 3.27. The molecule has 0 aliphatic carbocycles. The lowest BCUT2D eigenvalue weighted by Gasteiger charge is -2.19. The van der Waals surface area contributed by atoms with E-state index in [1.54, 1.807) is 6.33 Å². The summed E-state index contributed by atoms with van der Waals surface area (Å²) >= 11 is 0. The molecule has 0 amide bonds. The van der Waals surface area contributed by atoms with E-state index in [4.69, 9.17) is 5.26 Å². The fraction of sp³-hybridized carbons (Fsp3) is 0.545. The van der Waals surface area contributed by atoms with E-state index in [0.717, 1.165) is 24.7 Å². The van der Waals surface area contributed by atoms with Gasteiger partial charge in [-0.1, -0.05) is 0 Å². The molecular weight excluding hydrogens is 202 g/mol. The summed E-state index contributed by atoms with van der Waals surface area (Å²) in [5, 5.41) is 11.5. The Kier molecular flexibility index (Phi) is 5.06. The Labute approximate surface area is 96.1 Å². The molecule has 0 radical (unpaired) electrons. The summed E-state index contributed by atoms with van der Waals surface area (Å²) in [7, 11) is 0. The average molecular weight is 219 g/mol. The van der Waals surface area contributed by atoms with E-state index in [-0.39, 0.29) is 0 Å². The van der Waals surface area contributed by atoms with E-state index >= 15 is 0 Å². The Hall–Kier alpha value is -1.83. The van der Waals surface area contributed by atoms with E-state index in [1.165, 1.54) is 0 Å². The number of anilines is 2. The van der Waals surface area contributed by atoms with Crippen molar-refractivity contribution in [2.45, 2.75) is 20.3 Å². The molecule has 5 nitrogen and oxygen atoms in total. The smallest absolute Gasteiger partial charge is 0.134 e. The summed E-state index contributed by atoms with van der Waals surface area (Å²) in [5.74, 6) is 1.69. The van der Waals surface area contributed by atoms with Gasteiger partial charge in [0, 0.05) is 25.7 Å². The fourth-order valence-corrected chi connectivity index (χ4v) is 1.41. The minimum Gasteiger partial charge on any atom is -0.369 e. The van der Waals surface area contributed by atoms with Gasteiger partial charge in [0.05, 0.1) is 12.5 Å².